The first-order valence-electron chi connectivity index (χ1n) is 6.90. The van der Waals surface area contributed by atoms with Gasteiger partial charge >= 0.3 is 6.01 Å². The van der Waals surface area contributed by atoms with Crippen LogP contribution in [0.25, 0.3) is 11.5 Å². The molecule has 6 nitrogen and oxygen atoms in total. The van der Waals surface area contributed by atoms with E-state index in [-0.39, 0.29) is 11.9 Å². The van der Waals surface area contributed by atoms with Crippen LogP contribution in [0.5, 0.6) is 5.75 Å². The topological polar surface area (TPSA) is 68.5 Å². The fourth-order valence-electron chi connectivity index (χ4n) is 2.55. The van der Waals surface area contributed by atoms with Gasteiger partial charge in [-0.1, -0.05) is 5.10 Å². The molecule has 2 aliphatic rings. The lowest BCUT2D eigenvalue weighted by Crippen LogP contribution is -2.68. The molecule has 2 saturated heterocycles. The van der Waals surface area contributed by atoms with E-state index < -0.39 is 9.58 Å². The van der Waals surface area contributed by atoms with E-state index in [0.29, 0.717) is 5.89 Å². The molecule has 23 heavy (non-hydrogen) atoms. The molecule has 3 heterocycles. The molecule has 1 atom stereocenters. The van der Waals surface area contributed by atoms with Crippen LogP contribution in [0.3, 0.4) is 0 Å². The Morgan fingerprint density at radius 1 is 1.30 bits per heavy atom. The molecule has 9 heteroatoms. The van der Waals surface area contributed by atoms with Gasteiger partial charge in [-0.3, -0.25) is 4.79 Å². The molecule has 1 amide bonds. The van der Waals surface area contributed by atoms with Crippen molar-refractivity contribution in [3.8, 4) is 17.2 Å². The van der Waals surface area contributed by atoms with E-state index in [9.17, 15) is 4.79 Å². The number of anilines is 1. The van der Waals surface area contributed by atoms with Gasteiger partial charge in [0.2, 0.25) is 5.89 Å². The highest BCUT2D eigenvalue weighted by Crippen LogP contribution is 2.58. The van der Waals surface area contributed by atoms with E-state index in [2.05, 4.69) is 10.2 Å². The Balaban J connectivity index is 1.63. The van der Waals surface area contributed by atoms with Crippen LogP contribution in [-0.4, -0.2) is 44.3 Å². The molecular formula is C14H12ClN3O3S2. The molecule has 1 aromatic carbocycles. The summed E-state index contributed by atoms with van der Waals surface area (Å²) in [5.74, 6) is 2.79. The molecule has 1 unspecified atom stereocenters. The molecule has 0 N–H and O–H groups in total. The molecule has 0 bridgehead atoms. The highest BCUT2D eigenvalue weighted by molar-refractivity contribution is 8.21. The lowest BCUT2D eigenvalue weighted by Gasteiger charge is -2.48. The normalized spacial score (nSPS) is 22.4. The van der Waals surface area contributed by atoms with Gasteiger partial charge in [-0.2, -0.15) is 0 Å². The predicted octanol–water partition coefficient (Wildman–Crippen LogP) is 2.83. The maximum Gasteiger partial charge on any atom is 0.327 e. The van der Waals surface area contributed by atoms with Gasteiger partial charge in [-0.25, -0.2) is 4.90 Å². The van der Waals surface area contributed by atoms with E-state index in [1.165, 1.54) is 4.90 Å². The summed E-state index contributed by atoms with van der Waals surface area (Å²) in [5.41, 5.74) is 0.765. The van der Waals surface area contributed by atoms with Crippen LogP contribution in [0.2, 0.25) is 0 Å². The minimum absolute atomic E-state index is 0.194. The fraction of sp³-hybridized carbons (Fsp3) is 0.357. The van der Waals surface area contributed by atoms with Gasteiger partial charge in [0.1, 0.15) is 5.75 Å². The third-order valence-corrected chi connectivity index (χ3v) is 7.92. The zero-order chi connectivity index (χ0) is 16.0. The summed E-state index contributed by atoms with van der Waals surface area (Å²) in [6, 6.07) is 7.47. The van der Waals surface area contributed by atoms with Crippen molar-refractivity contribution in [3.05, 3.63) is 24.3 Å². The average molecular weight is 370 g/mol. The fourth-order valence-corrected chi connectivity index (χ4v) is 6.29. The van der Waals surface area contributed by atoms with Crippen LogP contribution in [0.1, 0.15) is 0 Å². The molecule has 0 radical (unpaired) electrons. The lowest BCUT2D eigenvalue weighted by molar-refractivity contribution is -0.123. The Morgan fingerprint density at radius 3 is 2.65 bits per heavy atom. The third kappa shape index (κ3) is 2.23. The zero-order valence-electron chi connectivity index (χ0n) is 12.1. The first-order chi connectivity index (χ1) is 11.2. The Bertz CT molecular complexity index is 746. The highest BCUT2D eigenvalue weighted by atomic mass is 35.5. The number of benzene rings is 1. The van der Waals surface area contributed by atoms with Crippen molar-refractivity contribution in [1.82, 2.24) is 10.2 Å². The summed E-state index contributed by atoms with van der Waals surface area (Å²) in [7, 11) is 1.61. The van der Waals surface area contributed by atoms with Crippen LogP contribution < -0.4 is 9.64 Å². The zero-order valence-corrected chi connectivity index (χ0v) is 14.5. The number of thioether (sulfide) groups is 2. The largest absolute Gasteiger partial charge is 0.497 e. The first kappa shape index (κ1) is 15.2. The van der Waals surface area contributed by atoms with Crippen LogP contribution in [-0.2, 0) is 4.79 Å². The number of carbonyl (C=O) groups excluding carboxylic acids is 1. The number of amides is 1. The molecule has 4 rings (SSSR count). The summed E-state index contributed by atoms with van der Waals surface area (Å²) < 4.78 is 10.3. The summed E-state index contributed by atoms with van der Waals surface area (Å²) in [5, 5.41) is 7.52. The number of β-lactam (4-membered cyclic amide) rings is 1. The number of halogens is 1. The molecule has 1 aromatic heterocycles. The maximum absolute atomic E-state index is 12.2. The maximum atomic E-state index is 12.2. The smallest absolute Gasteiger partial charge is 0.327 e. The number of rotatable bonds is 3. The van der Waals surface area contributed by atoms with E-state index >= 15 is 0 Å². The van der Waals surface area contributed by atoms with Gasteiger partial charge in [-0.15, -0.1) is 40.2 Å². The van der Waals surface area contributed by atoms with Crippen molar-refractivity contribution >= 4 is 47.0 Å². The van der Waals surface area contributed by atoms with E-state index in [1.54, 1.807) is 30.6 Å². The van der Waals surface area contributed by atoms with Gasteiger partial charge in [0.25, 0.3) is 5.91 Å². The number of ether oxygens (including phenoxy) is 1. The Morgan fingerprint density at radius 2 is 2.00 bits per heavy atom. The Labute approximate surface area is 145 Å². The number of alkyl halides is 1. The second kappa shape index (κ2) is 5.61. The minimum Gasteiger partial charge on any atom is -0.497 e. The van der Waals surface area contributed by atoms with Crippen LogP contribution in [0, 0.1) is 0 Å². The van der Waals surface area contributed by atoms with Crippen LogP contribution in [0.4, 0.5) is 6.01 Å². The van der Waals surface area contributed by atoms with E-state index in [4.69, 9.17) is 20.8 Å². The molecule has 2 aromatic rings. The van der Waals surface area contributed by atoms with Gasteiger partial charge in [0.15, 0.2) is 9.58 Å². The highest BCUT2D eigenvalue weighted by Gasteiger charge is 2.64. The molecule has 2 aliphatic heterocycles. The Kier molecular flexibility index (Phi) is 3.70. The number of methoxy groups -OCH3 is 1. The van der Waals surface area contributed by atoms with Crippen LogP contribution >= 0.6 is 35.1 Å². The van der Waals surface area contributed by atoms with Crippen molar-refractivity contribution in [3.63, 3.8) is 0 Å². The summed E-state index contributed by atoms with van der Waals surface area (Å²) in [6.45, 7) is 0. The SMILES string of the molecule is COc1ccc(-c2nnc(N3C(=O)C(Cl)C34SCCS4)o2)cc1. The predicted molar refractivity (Wildman–Crippen MR) is 91.1 cm³/mol. The van der Waals surface area contributed by atoms with Crippen molar-refractivity contribution in [2.45, 2.75) is 9.58 Å². The second-order valence-corrected chi connectivity index (χ2v) is 8.32. The third-order valence-electron chi connectivity index (χ3n) is 3.71. The molecule has 1 spiro atoms. The number of carbonyl (C=O) groups is 1. The average Bonchev–Trinajstić information content (AvgIpc) is 3.26. The lowest BCUT2D eigenvalue weighted by atomic mass is 10.2. The minimum atomic E-state index is -0.559. The number of nitrogens with zero attached hydrogens (tertiary/aromatic N) is 3. The monoisotopic (exact) mass is 369 g/mol. The van der Waals surface area contributed by atoms with E-state index in [1.807, 2.05) is 24.3 Å². The van der Waals surface area contributed by atoms with Gasteiger partial charge in [0, 0.05) is 17.1 Å². The van der Waals surface area contributed by atoms with Crippen LogP contribution in [0.15, 0.2) is 28.7 Å². The Hall–Kier alpha value is -1.38. The summed E-state index contributed by atoms with van der Waals surface area (Å²) >= 11 is 9.52. The number of aromatic nitrogens is 2. The molecule has 120 valence electrons. The molecule has 2 fully saturated rings. The quantitative estimate of drug-likeness (QED) is 0.608. The standard InChI is InChI=1S/C14H12ClN3O3S2/c1-20-9-4-2-8(3-5-9)11-16-17-13(21-11)18-12(19)10(15)14(18)22-6-7-23-14/h2-5,10H,6-7H2,1H3. The van der Waals surface area contributed by atoms with Gasteiger partial charge < -0.3 is 9.15 Å². The number of hydrogen-bond donors (Lipinski definition) is 0. The summed E-state index contributed by atoms with van der Waals surface area (Å²) in [4.78, 5) is 13.7. The van der Waals surface area contributed by atoms with Gasteiger partial charge in [-0.05, 0) is 24.3 Å². The summed E-state index contributed by atoms with van der Waals surface area (Å²) in [6.07, 6.45) is 0. The molecular weight excluding hydrogens is 358 g/mol. The van der Waals surface area contributed by atoms with Gasteiger partial charge in [0.05, 0.1) is 7.11 Å². The number of hydrogen-bond acceptors (Lipinski definition) is 7. The molecule has 0 saturated carbocycles. The van der Waals surface area contributed by atoms with Crippen molar-refractivity contribution < 1.29 is 13.9 Å². The second-order valence-electron chi connectivity index (χ2n) is 4.98. The van der Waals surface area contributed by atoms with Crippen molar-refractivity contribution in [1.29, 1.82) is 0 Å². The molecule has 0 aliphatic carbocycles. The van der Waals surface area contributed by atoms with Crippen molar-refractivity contribution in [2.75, 3.05) is 23.5 Å². The first-order valence-corrected chi connectivity index (χ1v) is 9.30. The van der Waals surface area contributed by atoms with E-state index in [0.717, 1.165) is 22.8 Å². The van der Waals surface area contributed by atoms with Crippen molar-refractivity contribution in [2.24, 2.45) is 0 Å².